The predicted molar refractivity (Wildman–Crippen MR) is 103 cm³/mol. The van der Waals surface area contributed by atoms with Crippen LogP contribution in [0.4, 0.5) is 13.2 Å². The maximum absolute atomic E-state index is 12.9. The van der Waals surface area contributed by atoms with Crippen molar-refractivity contribution in [1.29, 1.82) is 0 Å². The Labute approximate surface area is 171 Å². The van der Waals surface area contributed by atoms with Crippen LogP contribution in [0.15, 0.2) is 30.6 Å². The highest BCUT2D eigenvalue weighted by Gasteiger charge is 2.37. The Morgan fingerprint density at radius 2 is 2.21 bits per heavy atom. The van der Waals surface area contributed by atoms with E-state index in [-0.39, 0.29) is 24.5 Å². The van der Waals surface area contributed by atoms with Gasteiger partial charge >= 0.3 is 6.18 Å². The molecule has 1 aromatic carbocycles. The molecule has 0 saturated carbocycles. The summed E-state index contributed by atoms with van der Waals surface area (Å²) in [7, 11) is 0. The second-order valence-electron chi connectivity index (χ2n) is 6.95. The van der Waals surface area contributed by atoms with Gasteiger partial charge in [0, 0.05) is 13.1 Å². The Hall–Kier alpha value is -2.14. The van der Waals surface area contributed by atoms with Crippen LogP contribution in [0.25, 0.3) is 0 Å². The molecule has 158 valence electrons. The van der Waals surface area contributed by atoms with E-state index >= 15 is 0 Å². The molecule has 0 spiro atoms. The van der Waals surface area contributed by atoms with Gasteiger partial charge in [0.25, 0.3) is 0 Å². The van der Waals surface area contributed by atoms with Crippen LogP contribution >= 0.6 is 11.8 Å². The molecule has 0 aliphatic carbocycles. The molecule has 1 fully saturated rings. The van der Waals surface area contributed by atoms with Crippen molar-refractivity contribution >= 4 is 17.7 Å². The van der Waals surface area contributed by atoms with Crippen molar-refractivity contribution in [2.75, 3.05) is 25.1 Å². The van der Waals surface area contributed by atoms with Crippen LogP contribution in [0.2, 0.25) is 0 Å². The van der Waals surface area contributed by atoms with Crippen LogP contribution in [0.5, 0.6) is 0 Å². The highest BCUT2D eigenvalue weighted by Crippen LogP contribution is 2.30. The summed E-state index contributed by atoms with van der Waals surface area (Å²) in [5.74, 6) is 0.798. The molecular formula is C18H23F3N6OS. The molecule has 1 saturated heterocycles. The third-order valence-corrected chi connectivity index (χ3v) is 5.63. The zero-order chi connectivity index (χ0) is 20.9. The molecule has 2 atom stereocenters. The maximum atomic E-state index is 12.9. The van der Waals surface area contributed by atoms with E-state index in [1.165, 1.54) is 12.4 Å². The van der Waals surface area contributed by atoms with E-state index in [0.29, 0.717) is 18.5 Å². The fourth-order valence-electron chi connectivity index (χ4n) is 3.50. The van der Waals surface area contributed by atoms with E-state index < -0.39 is 11.7 Å². The summed E-state index contributed by atoms with van der Waals surface area (Å²) in [5.41, 5.74) is -0.306. The molecule has 0 radical (unpaired) electrons. The quantitative estimate of drug-likeness (QED) is 0.651. The second-order valence-corrected chi connectivity index (χ2v) is 7.94. The summed E-state index contributed by atoms with van der Waals surface area (Å²) < 4.78 is 40.3. The maximum Gasteiger partial charge on any atom is 0.416 e. The van der Waals surface area contributed by atoms with Gasteiger partial charge in [0.15, 0.2) is 0 Å². The van der Waals surface area contributed by atoms with E-state index in [9.17, 15) is 18.0 Å². The topological polar surface area (TPSA) is 75.9 Å². The normalized spacial score (nSPS) is 20.1. The predicted octanol–water partition coefficient (Wildman–Crippen LogP) is 2.38. The SMILES string of the molecule is CSCCCN1C[C@H](n2cnnn2)C[C@H]1C(=O)NCc1cccc(C(F)(F)F)c1. The Morgan fingerprint density at radius 3 is 2.90 bits per heavy atom. The lowest BCUT2D eigenvalue weighted by Crippen LogP contribution is -2.43. The van der Waals surface area contributed by atoms with Gasteiger partial charge in [-0.3, -0.25) is 9.69 Å². The number of carbonyl (C=O) groups excluding carboxylic acids is 1. The van der Waals surface area contributed by atoms with Crippen LogP contribution in [0.1, 0.15) is 30.0 Å². The Balaban J connectivity index is 1.63. The molecule has 1 aliphatic heterocycles. The molecule has 0 unspecified atom stereocenters. The van der Waals surface area contributed by atoms with E-state index in [0.717, 1.165) is 30.9 Å². The number of aromatic nitrogens is 4. The molecule has 7 nitrogen and oxygen atoms in total. The number of nitrogens with zero attached hydrogens (tertiary/aromatic N) is 5. The summed E-state index contributed by atoms with van der Waals surface area (Å²) in [6.07, 6.45) is 0.666. The molecular weight excluding hydrogens is 405 g/mol. The van der Waals surface area contributed by atoms with Gasteiger partial charge in [-0.15, -0.1) is 5.10 Å². The van der Waals surface area contributed by atoms with E-state index in [2.05, 4.69) is 25.7 Å². The number of hydrogen-bond donors (Lipinski definition) is 1. The average molecular weight is 428 g/mol. The van der Waals surface area contributed by atoms with Crippen molar-refractivity contribution in [3.63, 3.8) is 0 Å². The molecule has 29 heavy (non-hydrogen) atoms. The fourth-order valence-corrected chi connectivity index (χ4v) is 3.92. The lowest BCUT2D eigenvalue weighted by molar-refractivity contribution is -0.137. The van der Waals surface area contributed by atoms with Crippen LogP contribution in [-0.2, 0) is 17.5 Å². The van der Waals surface area contributed by atoms with Crippen LogP contribution < -0.4 is 5.32 Å². The summed E-state index contributed by atoms with van der Waals surface area (Å²) in [6, 6.07) is 4.63. The van der Waals surface area contributed by atoms with Crippen molar-refractivity contribution in [1.82, 2.24) is 30.4 Å². The number of alkyl halides is 3. The van der Waals surface area contributed by atoms with Gasteiger partial charge in [0.2, 0.25) is 5.91 Å². The monoisotopic (exact) mass is 428 g/mol. The number of benzene rings is 1. The van der Waals surface area contributed by atoms with Crippen LogP contribution in [0, 0.1) is 0 Å². The third-order valence-electron chi connectivity index (χ3n) is 4.94. The third kappa shape index (κ3) is 5.69. The summed E-state index contributed by atoms with van der Waals surface area (Å²) in [6.45, 7) is 1.47. The minimum absolute atomic E-state index is 0.0106. The molecule has 2 heterocycles. The molecule has 11 heteroatoms. The number of rotatable bonds is 8. The fraction of sp³-hybridized carbons (Fsp3) is 0.556. The van der Waals surface area contributed by atoms with Gasteiger partial charge in [-0.25, -0.2) is 4.68 Å². The summed E-state index contributed by atoms with van der Waals surface area (Å²) in [5, 5.41) is 14.0. The largest absolute Gasteiger partial charge is 0.416 e. The number of thioether (sulfide) groups is 1. The Bertz CT molecular complexity index is 801. The van der Waals surface area contributed by atoms with Crippen molar-refractivity contribution in [2.24, 2.45) is 0 Å². The van der Waals surface area contributed by atoms with Crippen molar-refractivity contribution in [3.05, 3.63) is 41.7 Å². The van der Waals surface area contributed by atoms with E-state index in [4.69, 9.17) is 0 Å². The van der Waals surface area contributed by atoms with Gasteiger partial charge in [0.05, 0.1) is 17.6 Å². The molecule has 1 aliphatic rings. The lowest BCUT2D eigenvalue weighted by Gasteiger charge is -2.23. The van der Waals surface area contributed by atoms with Crippen LogP contribution in [-0.4, -0.2) is 62.2 Å². The number of amides is 1. The van der Waals surface area contributed by atoms with Gasteiger partial charge in [-0.1, -0.05) is 12.1 Å². The van der Waals surface area contributed by atoms with Crippen LogP contribution in [0.3, 0.4) is 0 Å². The smallest absolute Gasteiger partial charge is 0.351 e. The molecule has 0 bridgehead atoms. The zero-order valence-corrected chi connectivity index (χ0v) is 16.8. The van der Waals surface area contributed by atoms with Crippen molar-refractivity contribution < 1.29 is 18.0 Å². The number of nitrogens with one attached hydrogen (secondary N) is 1. The van der Waals surface area contributed by atoms with E-state index in [1.807, 2.05) is 6.26 Å². The zero-order valence-electron chi connectivity index (χ0n) is 16.0. The van der Waals surface area contributed by atoms with Gasteiger partial charge in [-0.05, 0) is 59.5 Å². The highest BCUT2D eigenvalue weighted by atomic mass is 32.2. The first-order chi connectivity index (χ1) is 13.9. The molecule has 1 amide bonds. The molecule has 2 aromatic rings. The standard InChI is InChI=1S/C18H23F3N6OS/c1-29-7-3-6-26-11-15(27-12-23-24-25-27)9-16(26)17(28)22-10-13-4-2-5-14(8-13)18(19,20)21/h2,4-5,8,12,15-16H,3,6-7,9-11H2,1H3,(H,22,28)/t15-,16+/m1/s1. The highest BCUT2D eigenvalue weighted by molar-refractivity contribution is 7.98. The minimum Gasteiger partial charge on any atom is -0.351 e. The number of carbonyl (C=O) groups is 1. The summed E-state index contributed by atoms with van der Waals surface area (Å²) >= 11 is 1.75. The number of hydrogen-bond acceptors (Lipinski definition) is 6. The van der Waals surface area contributed by atoms with Crippen molar-refractivity contribution in [2.45, 2.75) is 37.6 Å². The Kier molecular flexibility index (Phi) is 7.12. The number of likely N-dealkylation sites (tertiary alicyclic amines) is 1. The van der Waals surface area contributed by atoms with Gasteiger partial charge in [-0.2, -0.15) is 24.9 Å². The minimum atomic E-state index is -4.40. The second kappa shape index (κ2) is 9.57. The first-order valence-electron chi connectivity index (χ1n) is 9.28. The lowest BCUT2D eigenvalue weighted by atomic mass is 10.1. The van der Waals surface area contributed by atoms with Gasteiger partial charge in [0.1, 0.15) is 6.33 Å². The number of tetrazole rings is 1. The summed E-state index contributed by atoms with van der Waals surface area (Å²) in [4.78, 5) is 14.9. The number of halogens is 3. The Morgan fingerprint density at radius 1 is 1.38 bits per heavy atom. The van der Waals surface area contributed by atoms with Gasteiger partial charge < -0.3 is 5.32 Å². The van der Waals surface area contributed by atoms with E-state index in [1.54, 1.807) is 22.5 Å². The first-order valence-corrected chi connectivity index (χ1v) is 10.7. The molecule has 1 N–H and O–H groups in total. The molecule has 1 aromatic heterocycles. The average Bonchev–Trinajstić information content (AvgIpc) is 3.36. The van der Waals surface area contributed by atoms with Crippen molar-refractivity contribution in [3.8, 4) is 0 Å². The first kappa shape index (κ1) is 21.6. The molecule has 3 rings (SSSR count).